The Morgan fingerprint density at radius 1 is 1.18 bits per heavy atom. The molecule has 1 amide bonds. The molecule has 2 N–H and O–H groups in total. The lowest BCUT2D eigenvalue weighted by atomic mass is 10.2. The van der Waals surface area contributed by atoms with Crippen molar-refractivity contribution in [3.05, 3.63) is 82.8 Å². The van der Waals surface area contributed by atoms with E-state index in [4.69, 9.17) is 14.9 Å². The van der Waals surface area contributed by atoms with Crippen LogP contribution in [0.2, 0.25) is 0 Å². The van der Waals surface area contributed by atoms with E-state index in [1.54, 1.807) is 29.3 Å². The molecule has 34 heavy (non-hydrogen) atoms. The van der Waals surface area contributed by atoms with E-state index in [1.807, 2.05) is 30.3 Å². The molecule has 1 spiro atoms. The monoisotopic (exact) mass is 457 g/mol. The summed E-state index contributed by atoms with van der Waals surface area (Å²) < 4.78 is 12.6. The Kier molecular flexibility index (Phi) is 5.37. The SMILES string of the molecule is COc1cc(N2CC3(CC3)OC2=O)ccc1-n1ccc(=O)c(/C(=C/C=N)Nc2ccccc2)n1. The maximum atomic E-state index is 12.7. The summed E-state index contributed by atoms with van der Waals surface area (Å²) in [7, 11) is 1.54. The number of ether oxygens (including phenoxy) is 2. The molecule has 1 saturated carbocycles. The van der Waals surface area contributed by atoms with Crippen LogP contribution in [0.4, 0.5) is 16.2 Å². The summed E-state index contributed by atoms with van der Waals surface area (Å²) in [4.78, 5) is 26.6. The Labute approximate surface area is 195 Å². The van der Waals surface area contributed by atoms with Gasteiger partial charge in [-0.05, 0) is 43.2 Å². The van der Waals surface area contributed by atoms with Gasteiger partial charge in [0.2, 0.25) is 5.43 Å². The molecule has 5 rings (SSSR count). The quantitative estimate of drug-likeness (QED) is 0.522. The molecule has 2 heterocycles. The molecule has 0 atom stereocenters. The molecule has 2 aromatic carbocycles. The molecule has 1 saturated heterocycles. The van der Waals surface area contributed by atoms with Crippen molar-refractivity contribution in [2.24, 2.45) is 0 Å². The number of benzene rings is 2. The van der Waals surface area contributed by atoms with Crippen molar-refractivity contribution in [1.82, 2.24) is 9.78 Å². The summed E-state index contributed by atoms with van der Waals surface area (Å²) in [5.41, 5.74) is 1.95. The highest BCUT2D eigenvalue weighted by Gasteiger charge is 2.54. The minimum atomic E-state index is -0.357. The molecule has 2 aliphatic rings. The number of rotatable bonds is 7. The van der Waals surface area contributed by atoms with E-state index in [2.05, 4.69) is 10.4 Å². The maximum absolute atomic E-state index is 12.7. The molecule has 9 heteroatoms. The highest BCUT2D eigenvalue weighted by molar-refractivity contribution is 5.91. The van der Waals surface area contributed by atoms with E-state index < -0.39 is 0 Å². The lowest BCUT2D eigenvalue weighted by molar-refractivity contribution is 0.129. The second-order valence-electron chi connectivity index (χ2n) is 8.20. The first-order valence-electron chi connectivity index (χ1n) is 10.8. The zero-order chi connectivity index (χ0) is 23.7. The summed E-state index contributed by atoms with van der Waals surface area (Å²) in [6, 6.07) is 16.1. The standard InChI is InChI=1S/C25H23N5O4/c1-33-22-15-18(29-16-25(11-12-25)34-24(29)32)7-8-20(22)30-14-10-21(31)23(28-30)19(9-13-26)27-17-5-3-2-4-6-17/h2-10,13-15,26-27H,11-12,16H2,1H3/b19-9-,26-13?. The number of allylic oxidation sites excluding steroid dienone is 1. The molecular weight excluding hydrogens is 434 g/mol. The maximum Gasteiger partial charge on any atom is 0.415 e. The Morgan fingerprint density at radius 3 is 2.65 bits per heavy atom. The van der Waals surface area contributed by atoms with E-state index >= 15 is 0 Å². The Hall–Kier alpha value is -4.40. The van der Waals surface area contributed by atoms with Crippen LogP contribution < -0.4 is 20.4 Å². The van der Waals surface area contributed by atoms with Crippen molar-refractivity contribution in [2.45, 2.75) is 18.4 Å². The largest absolute Gasteiger partial charge is 0.494 e. The second kappa shape index (κ2) is 8.51. The third kappa shape index (κ3) is 4.03. The van der Waals surface area contributed by atoms with E-state index in [1.165, 1.54) is 23.9 Å². The van der Waals surface area contributed by atoms with Crippen LogP contribution in [0.25, 0.3) is 11.4 Å². The average molecular weight is 457 g/mol. The van der Waals surface area contributed by atoms with Crippen LogP contribution in [0.3, 0.4) is 0 Å². The minimum absolute atomic E-state index is 0.153. The number of hydrogen-bond donors (Lipinski definition) is 2. The predicted molar refractivity (Wildman–Crippen MR) is 129 cm³/mol. The molecule has 1 aliphatic carbocycles. The Bertz CT molecular complexity index is 1340. The van der Waals surface area contributed by atoms with Gasteiger partial charge in [-0.2, -0.15) is 5.10 Å². The normalized spacial score (nSPS) is 16.3. The lowest BCUT2D eigenvalue weighted by Crippen LogP contribution is -2.25. The lowest BCUT2D eigenvalue weighted by Gasteiger charge is -2.17. The summed E-state index contributed by atoms with van der Waals surface area (Å²) >= 11 is 0. The number of aromatic nitrogens is 2. The number of nitrogens with zero attached hydrogens (tertiary/aromatic N) is 3. The highest BCUT2D eigenvalue weighted by atomic mass is 16.6. The van der Waals surface area contributed by atoms with Gasteiger partial charge in [-0.3, -0.25) is 9.69 Å². The van der Waals surface area contributed by atoms with E-state index in [0.29, 0.717) is 29.4 Å². The Morgan fingerprint density at radius 2 is 1.97 bits per heavy atom. The Balaban J connectivity index is 1.50. The van der Waals surface area contributed by atoms with Crippen LogP contribution in [0, 0.1) is 5.41 Å². The number of amides is 1. The van der Waals surface area contributed by atoms with Crippen molar-refractivity contribution in [2.75, 3.05) is 23.9 Å². The van der Waals surface area contributed by atoms with Gasteiger partial charge < -0.3 is 20.2 Å². The fourth-order valence-corrected chi connectivity index (χ4v) is 3.91. The van der Waals surface area contributed by atoms with Crippen LogP contribution in [-0.2, 0) is 4.74 Å². The minimum Gasteiger partial charge on any atom is -0.494 e. The van der Waals surface area contributed by atoms with Crippen LogP contribution in [-0.4, -0.2) is 41.3 Å². The fourth-order valence-electron chi connectivity index (χ4n) is 3.91. The average Bonchev–Trinajstić information content (AvgIpc) is 3.53. The first-order valence-corrected chi connectivity index (χ1v) is 10.8. The number of para-hydroxylation sites is 1. The topological polar surface area (TPSA) is 110 Å². The summed E-state index contributed by atoms with van der Waals surface area (Å²) in [6.07, 6.45) is 5.55. The molecular formula is C25H23N5O4. The third-order valence-corrected chi connectivity index (χ3v) is 5.87. The van der Waals surface area contributed by atoms with Gasteiger partial charge >= 0.3 is 6.09 Å². The number of carbonyl (C=O) groups is 1. The van der Waals surface area contributed by atoms with Gasteiger partial charge in [-0.15, -0.1) is 0 Å². The predicted octanol–water partition coefficient (Wildman–Crippen LogP) is 3.83. The van der Waals surface area contributed by atoms with Crippen molar-refractivity contribution < 1.29 is 14.3 Å². The summed E-state index contributed by atoms with van der Waals surface area (Å²) in [5.74, 6) is 0.484. The number of anilines is 2. The molecule has 0 radical (unpaired) electrons. The first-order chi connectivity index (χ1) is 16.5. The molecule has 0 unspecified atom stereocenters. The fraction of sp³-hybridized carbons (Fsp3) is 0.200. The number of hydrogen-bond acceptors (Lipinski definition) is 7. The second-order valence-corrected chi connectivity index (χ2v) is 8.20. The first kappa shape index (κ1) is 21.4. The van der Waals surface area contributed by atoms with Gasteiger partial charge in [0.15, 0.2) is 5.69 Å². The van der Waals surface area contributed by atoms with Crippen LogP contribution >= 0.6 is 0 Å². The van der Waals surface area contributed by atoms with Gasteiger partial charge in [-0.25, -0.2) is 9.48 Å². The van der Waals surface area contributed by atoms with Crippen LogP contribution in [0.1, 0.15) is 18.5 Å². The zero-order valence-electron chi connectivity index (χ0n) is 18.5. The van der Waals surface area contributed by atoms with Gasteiger partial charge in [0.05, 0.1) is 25.0 Å². The molecule has 2 fully saturated rings. The highest BCUT2D eigenvalue weighted by Crippen LogP contribution is 2.46. The molecule has 3 aromatic rings. The van der Waals surface area contributed by atoms with Crippen LogP contribution in [0.5, 0.6) is 5.75 Å². The summed E-state index contributed by atoms with van der Waals surface area (Å²) in [6.45, 7) is 0.525. The number of carbonyl (C=O) groups excluding carboxylic acids is 1. The van der Waals surface area contributed by atoms with Gasteiger partial charge in [0, 0.05) is 30.2 Å². The van der Waals surface area contributed by atoms with Crippen molar-refractivity contribution >= 4 is 29.4 Å². The number of methoxy groups -OCH3 is 1. The van der Waals surface area contributed by atoms with E-state index in [0.717, 1.165) is 24.7 Å². The zero-order valence-corrected chi connectivity index (χ0v) is 18.5. The third-order valence-electron chi connectivity index (χ3n) is 5.87. The van der Waals surface area contributed by atoms with Crippen molar-refractivity contribution in [1.29, 1.82) is 5.41 Å². The van der Waals surface area contributed by atoms with Gasteiger partial charge in [0.1, 0.15) is 17.0 Å². The van der Waals surface area contributed by atoms with E-state index in [9.17, 15) is 9.59 Å². The van der Waals surface area contributed by atoms with Crippen molar-refractivity contribution in [3.8, 4) is 11.4 Å². The van der Waals surface area contributed by atoms with Crippen LogP contribution in [0.15, 0.2) is 71.7 Å². The van der Waals surface area contributed by atoms with E-state index in [-0.39, 0.29) is 22.8 Å². The van der Waals surface area contributed by atoms with Gasteiger partial charge in [0.25, 0.3) is 0 Å². The molecule has 0 bridgehead atoms. The van der Waals surface area contributed by atoms with Gasteiger partial charge in [-0.1, -0.05) is 18.2 Å². The number of nitrogens with one attached hydrogen (secondary N) is 2. The molecule has 172 valence electrons. The molecule has 9 nitrogen and oxygen atoms in total. The molecule has 1 aromatic heterocycles. The smallest absolute Gasteiger partial charge is 0.415 e. The van der Waals surface area contributed by atoms with Crippen molar-refractivity contribution in [3.63, 3.8) is 0 Å². The molecule has 1 aliphatic heterocycles. The summed E-state index contributed by atoms with van der Waals surface area (Å²) in [5, 5.41) is 15.2.